The minimum absolute atomic E-state index is 0.330. The summed E-state index contributed by atoms with van der Waals surface area (Å²) in [5.41, 5.74) is 1.35. The van der Waals surface area contributed by atoms with Gasteiger partial charge in [-0.05, 0) is 37.8 Å². The minimum atomic E-state index is 0.330. The van der Waals surface area contributed by atoms with Crippen LogP contribution in [0.3, 0.4) is 0 Å². The van der Waals surface area contributed by atoms with Gasteiger partial charge in [0.25, 0.3) is 0 Å². The molecule has 1 aliphatic rings. The first-order chi connectivity index (χ1) is 10.3. The molecule has 1 fully saturated rings. The molecule has 3 nitrogen and oxygen atoms in total. The Labute approximate surface area is 128 Å². The molecule has 2 rings (SSSR count). The van der Waals surface area contributed by atoms with Crippen LogP contribution in [0.5, 0.6) is 0 Å². The van der Waals surface area contributed by atoms with E-state index in [1.807, 2.05) is 12.1 Å². The van der Waals surface area contributed by atoms with Crippen molar-refractivity contribution in [3.63, 3.8) is 0 Å². The first-order valence-electron chi connectivity index (χ1n) is 7.96. The summed E-state index contributed by atoms with van der Waals surface area (Å²) in [6.07, 6.45) is 6.75. The van der Waals surface area contributed by atoms with Crippen molar-refractivity contribution in [2.75, 3.05) is 19.6 Å². The van der Waals surface area contributed by atoms with E-state index in [9.17, 15) is 4.79 Å². The lowest BCUT2D eigenvalue weighted by Crippen LogP contribution is -2.36. The number of carbonyl (C=O) groups excluding carboxylic acids is 1. The van der Waals surface area contributed by atoms with E-state index in [2.05, 4.69) is 41.1 Å². The average Bonchev–Trinajstić information content (AvgIpc) is 2.86. The second-order valence-electron chi connectivity index (χ2n) is 5.65. The van der Waals surface area contributed by atoms with Crippen LogP contribution in [0.4, 0.5) is 0 Å². The van der Waals surface area contributed by atoms with E-state index < -0.39 is 0 Å². The van der Waals surface area contributed by atoms with Crippen LogP contribution in [-0.4, -0.2) is 36.5 Å². The molecule has 0 radical (unpaired) electrons. The van der Waals surface area contributed by atoms with Crippen molar-refractivity contribution in [1.82, 2.24) is 10.2 Å². The average molecular weight is 286 g/mol. The predicted octanol–water partition coefficient (Wildman–Crippen LogP) is 2.78. The number of benzene rings is 1. The Balaban J connectivity index is 1.73. The second kappa shape index (κ2) is 8.63. The number of likely N-dealkylation sites (tertiary alicyclic amines) is 1. The maximum absolute atomic E-state index is 12.0. The third-order valence-corrected chi connectivity index (χ3v) is 4.10. The highest BCUT2D eigenvalue weighted by molar-refractivity contribution is 5.78. The molecular formula is C18H26N2O. The minimum Gasteiger partial charge on any atom is -0.340 e. The van der Waals surface area contributed by atoms with Crippen LogP contribution in [-0.2, 0) is 11.2 Å². The highest BCUT2D eigenvalue weighted by Crippen LogP contribution is 2.21. The van der Waals surface area contributed by atoms with Crippen LogP contribution in [0.15, 0.2) is 43.0 Å². The number of amides is 1. The molecule has 0 bridgehead atoms. The number of nitrogens with one attached hydrogen (secondary N) is 1. The first kappa shape index (κ1) is 15.8. The summed E-state index contributed by atoms with van der Waals surface area (Å²) in [6.45, 7) is 6.39. The van der Waals surface area contributed by atoms with Crippen molar-refractivity contribution in [2.24, 2.45) is 0 Å². The fourth-order valence-corrected chi connectivity index (χ4v) is 2.97. The van der Waals surface area contributed by atoms with Gasteiger partial charge in [0.05, 0.1) is 0 Å². The van der Waals surface area contributed by atoms with E-state index in [0.29, 0.717) is 11.9 Å². The molecule has 1 saturated heterocycles. The number of aryl methyl sites for hydroxylation is 1. The molecule has 1 N–H and O–H groups in total. The van der Waals surface area contributed by atoms with Gasteiger partial charge in [0.1, 0.15) is 0 Å². The van der Waals surface area contributed by atoms with Gasteiger partial charge in [-0.25, -0.2) is 0 Å². The second-order valence-corrected chi connectivity index (χ2v) is 5.65. The van der Waals surface area contributed by atoms with Gasteiger partial charge in [-0.2, -0.15) is 0 Å². The van der Waals surface area contributed by atoms with Gasteiger partial charge in [0.2, 0.25) is 5.91 Å². The Morgan fingerprint density at radius 2 is 2.14 bits per heavy atom. The van der Waals surface area contributed by atoms with Gasteiger partial charge in [-0.3, -0.25) is 4.79 Å². The molecule has 0 aromatic heterocycles. The van der Waals surface area contributed by atoms with Crippen LogP contribution in [0.25, 0.3) is 0 Å². The van der Waals surface area contributed by atoms with Crippen molar-refractivity contribution < 1.29 is 4.79 Å². The topological polar surface area (TPSA) is 32.3 Å². The van der Waals surface area contributed by atoms with Gasteiger partial charge in [-0.1, -0.05) is 36.4 Å². The maximum Gasteiger partial charge on any atom is 0.222 e. The van der Waals surface area contributed by atoms with Crippen LogP contribution in [0.1, 0.15) is 31.2 Å². The lowest BCUT2D eigenvalue weighted by molar-refractivity contribution is -0.129. The molecule has 1 aliphatic heterocycles. The molecule has 3 heteroatoms. The van der Waals surface area contributed by atoms with Gasteiger partial charge < -0.3 is 10.2 Å². The third-order valence-electron chi connectivity index (χ3n) is 4.10. The van der Waals surface area contributed by atoms with Gasteiger partial charge in [-0.15, -0.1) is 6.58 Å². The van der Waals surface area contributed by atoms with Crippen molar-refractivity contribution >= 4 is 5.91 Å². The zero-order valence-electron chi connectivity index (χ0n) is 12.8. The van der Waals surface area contributed by atoms with E-state index in [0.717, 1.165) is 51.7 Å². The zero-order valence-corrected chi connectivity index (χ0v) is 12.8. The number of rotatable bonds is 9. The monoisotopic (exact) mass is 286 g/mol. The fourth-order valence-electron chi connectivity index (χ4n) is 2.97. The zero-order chi connectivity index (χ0) is 14.9. The Kier molecular flexibility index (Phi) is 6.48. The molecule has 1 atom stereocenters. The van der Waals surface area contributed by atoms with Gasteiger partial charge >= 0.3 is 0 Å². The Hall–Kier alpha value is -1.61. The van der Waals surface area contributed by atoms with Crippen LogP contribution in [0.2, 0.25) is 0 Å². The maximum atomic E-state index is 12.0. The van der Waals surface area contributed by atoms with E-state index in [1.165, 1.54) is 5.56 Å². The summed E-state index contributed by atoms with van der Waals surface area (Å²) in [7, 11) is 0. The molecular weight excluding hydrogens is 260 g/mol. The Morgan fingerprint density at radius 1 is 1.33 bits per heavy atom. The highest BCUT2D eigenvalue weighted by atomic mass is 16.2. The summed E-state index contributed by atoms with van der Waals surface area (Å²) in [4.78, 5) is 14.1. The number of hydrogen-bond donors (Lipinski definition) is 1. The van der Waals surface area contributed by atoms with E-state index >= 15 is 0 Å². The highest BCUT2D eigenvalue weighted by Gasteiger charge is 2.29. The molecule has 1 aromatic carbocycles. The molecule has 0 spiro atoms. The smallest absolute Gasteiger partial charge is 0.222 e. The van der Waals surface area contributed by atoms with Crippen LogP contribution < -0.4 is 5.32 Å². The lowest BCUT2D eigenvalue weighted by atomic mass is 10.1. The molecule has 114 valence electrons. The molecule has 1 aromatic rings. The third kappa shape index (κ3) is 5.01. The normalized spacial score (nSPS) is 18.2. The first-order valence-corrected chi connectivity index (χ1v) is 7.96. The molecule has 1 heterocycles. The van der Waals surface area contributed by atoms with E-state index in [1.54, 1.807) is 0 Å². The number of nitrogens with zero attached hydrogens (tertiary/aromatic N) is 1. The molecule has 1 unspecified atom stereocenters. The molecule has 0 aliphatic carbocycles. The molecule has 21 heavy (non-hydrogen) atoms. The van der Waals surface area contributed by atoms with Crippen molar-refractivity contribution in [2.45, 2.75) is 38.1 Å². The van der Waals surface area contributed by atoms with Gasteiger partial charge in [0, 0.05) is 25.6 Å². The standard InChI is InChI=1S/C18H26N2O/c1-2-13-19-14-12-17-10-11-18(21)20(17)15-6-9-16-7-4-3-5-8-16/h2-5,7-8,17,19H,1,6,9-15H2. The van der Waals surface area contributed by atoms with E-state index in [-0.39, 0.29) is 0 Å². The fraction of sp³-hybridized carbons (Fsp3) is 0.500. The quantitative estimate of drug-likeness (QED) is 0.559. The molecule has 1 amide bonds. The summed E-state index contributed by atoms with van der Waals surface area (Å²) >= 11 is 0. The summed E-state index contributed by atoms with van der Waals surface area (Å²) < 4.78 is 0. The largest absolute Gasteiger partial charge is 0.340 e. The van der Waals surface area contributed by atoms with Crippen LogP contribution >= 0.6 is 0 Å². The number of hydrogen-bond acceptors (Lipinski definition) is 2. The summed E-state index contributed by atoms with van der Waals surface area (Å²) in [6, 6.07) is 10.9. The van der Waals surface area contributed by atoms with Crippen molar-refractivity contribution in [3.05, 3.63) is 48.6 Å². The lowest BCUT2D eigenvalue weighted by Gasteiger charge is -2.25. The molecule has 0 saturated carbocycles. The SMILES string of the molecule is C=CCNCCC1CCC(=O)N1CCCc1ccccc1. The Bertz CT molecular complexity index is 444. The van der Waals surface area contributed by atoms with E-state index in [4.69, 9.17) is 0 Å². The summed E-state index contributed by atoms with van der Waals surface area (Å²) in [5.74, 6) is 0.330. The van der Waals surface area contributed by atoms with Gasteiger partial charge in [0.15, 0.2) is 0 Å². The van der Waals surface area contributed by atoms with Crippen molar-refractivity contribution in [1.29, 1.82) is 0 Å². The summed E-state index contributed by atoms with van der Waals surface area (Å²) in [5, 5.41) is 3.32. The predicted molar refractivity (Wildman–Crippen MR) is 87.2 cm³/mol. The van der Waals surface area contributed by atoms with Crippen LogP contribution in [0, 0.1) is 0 Å². The van der Waals surface area contributed by atoms with Crippen molar-refractivity contribution in [3.8, 4) is 0 Å². The Morgan fingerprint density at radius 3 is 2.90 bits per heavy atom. The number of carbonyl (C=O) groups is 1.